The predicted octanol–water partition coefficient (Wildman–Crippen LogP) is 2.54. The average molecular weight is 236 g/mol. The van der Waals surface area contributed by atoms with Crippen molar-refractivity contribution in [2.45, 2.75) is 32.5 Å². The first-order chi connectivity index (χ1) is 8.08. The van der Waals surface area contributed by atoms with Crippen molar-refractivity contribution in [1.29, 1.82) is 0 Å². The molecule has 0 radical (unpaired) electrons. The molecular formula is C14H20O3. The number of Topliss-reactive ketones (excluding diaryl/α,β-unsaturated/α-hetero) is 1. The van der Waals surface area contributed by atoms with Crippen molar-refractivity contribution in [1.82, 2.24) is 0 Å². The number of methoxy groups -OCH3 is 2. The molecule has 0 N–H and O–H groups in total. The molecule has 17 heavy (non-hydrogen) atoms. The van der Waals surface area contributed by atoms with E-state index in [0.717, 1.165) is 5.56 Å². The van der Waals surface area contributed by atoms with E-state index in [1.165, 1.54) is 19.8 Å². The van der Waals surface area contributed by atoms with E-state index in [2.05, 4.69) is 26.0 Å². The molecule has 0 saturated carbocycles. The smallest absolute Gasteiger partial charge is 0.217 e. The summed E-state index contributed by atoms with van der Waals surface area (Å²) in [5.41, 5.74) is 2.26. The first kappa shape index (κ1) is 13.9. The number of carbonyl (C=O) groups is 1. The third-order valence-corrected chi connectivity index (χ3v) is 2.72. The summed E-state index contributed by atoms with van der Waals surface area (Å²) in [5, 5.41) is 0. The number of benzene rings is 1. The Bertz CT molecular complexity index is 350. The van der Waals surface area contributed by atoms with Gasteiger partial charge in [0.15, 0.2) is 5.78 Å². The van der Waals surface area contributed by atoms with Gasteiger partial charge in [0.05, 0.1) is 0 Å². The van der Waals surface area contributed by atoms with E-state index in [0.29, 0.717) is 12.3 Å². The highest BCUT2D eigenvalue weighted by Gasteiger charge is 2.16. The second kappa shape index (κ2) is 6.52. The second-order valence-corrected chi connectivity index (χ2v) is 4.34. The molecule has 1 aromatic rings. The molecule has 0 aliphatic carbocycles. The standard InChI is InChI=1S/C14H20O3/c1-10(2)12-7-5-11(6-8-12)9-13(15)14(16-3)17-4/h5-8,10,14H,9H2,1-4H3. The fourth-order valence-electron chi connectivity index (χ4n) is 1.66. The van der Waals surface area contributed by atoms with Gasteiger partial charge in [-0.25, -0.2) is 0 Å². The second-order valence-electron chi connectivity index (χ2n) is 4.34. The Morgan fingerprint density at radius 3 is 2.06 bits per heavy atom. The maximum absolute atomic E-state index is 11.7. The molecule has 0 amide bonds. The normalized spacial score (nSPS) is 11.2. The quantitative estimate of drug-likeness (QED) is 0.712. The van der Waals surface area contributed by atoms with E-state index in [1.807, 2.05) is 12.1 Å². The van der Waals surface area contributed by atoms with E-state index in [-0.39, 0.29) is 5.78 Å². The molecule has 94 valence electrons. The maximum Gasteiger partial charge on any atom is 0.217 e. The van der Waals surface area contributed by atoms with Gasteiger partial charge < -0.3 is 9.47 Å². The molecule has 3 heteroatoms. The summed E-state index contributed by atoms with van der Waals surface area (Å²) in [6.07, 6.45) is -0.426. The number of ketones is 1. The van der Waals surface area contributed by atoms with E-state index < -0.39 is 6.29 Å². The highest BCUT2D eigenvalue weighted by molar-refractivity contribution is 5.84. The third kappa shape index (κ3) is 3.95. The molecule has 0 saturated heterocycles. The zero-order valence-corrected chi connectivity index (χ0v) is 10.9. The number of rotatable bonds is 6. The van der Waals surface area contributed by atoms with E-state index in [9.17, 15) is 4.79 Å². The number of hydrogen-bond acceptors (Lipinski definition) is 3. The number of hydrogen-bond donors (Lipinski definition) is 0. The number of carbonyl (C=O) groups excluding carboxylic acids is 1. The Labute approximate surface area is 103 Å². The fourth-order valence-corrected chi connectivity index (χ4v) is 1.66. The third-order valence-electron chi connectivity index (χ3n) is 2.72. The largest absolute Gasteiger partial charge is 0.349 e. The van der Waals surface area contributed by atoms with E-state index in [1.54, 1.807) is 0 Å². The molecule has 1 aromatic carbocycles. The molecule has 3 nitrogen and oxygen atoms in total. The van der Waals surface area contributed by atoms with Crippen LogP contribution >= 0.6 is 0 Å². The molecule has 0 fully saturated rings. The molecule has 0 heterocycles. The minimum Gasteiger partial charge on any atom is -0.349 e. The zero-order chi connectivity index (χ0) is 12.8. The highest BCUT2D eigenvalue weighted by atomic mass is 16.7. The van der Waals surface area contributed by atoms with Crippen molar-refractivity contribution in [2.75, 3.05) is 14.2 Å². The van der Waals surface area contributed by atoms with Gasteiger partial charge in [0.1, 0.15) is 0 Å². The van der Waals surface area contributed by atoms with Gasteiger partial charge in [-0.15, -0.1) is 0 Å². The van der Waals surface area contributed by atoms with Crippen molar-refractivity contribution in [3.63, 3.8) is 0 Å². The molecule has 1 rings (SSSR count). The molecule has 0 aliphatic heterocycles. The summed E-state index contributed by atoms with van der Waals surface area (Å²) in [4.78, 5) is 11.7. The van der Waals surface area contributed by atoms with Crippen LogP contribution in [0, 0.1) is 0 Å². The lowest BCUT2D eigenvalue weighted by Gasteiger charge is -2.12. The van der Waals surface area contributed by atoms with Crippen LogP contribution in [0.5, 0.6) is 0 Å². The summed E-state index contributed by atoms with van der Waals surface area (Å²) in [6, 6.07) is 8.08. The monoisotopic (exact) mass is 236 g/mol. The van der Waals surface area contributed by atoms with Gasteiger partial charge in [-0.3, -0.25) is 4.79 Å². The van der Waals surface area contributed by atoms with Crippen LogP contribution in [-0.4, -0.2) is 26.3 Å². The van der Waals surface area contributed by atoms with Gasteiger partial charge in [-0.2, -0.15) is 0 Å². The zero-order valence-electron chi connectivity index (χ0n) is 10.9. The molecule has 0 aromatic heterocycles. The van der Waals surface area contributed by atoms with Crippen LogP contribution in [0.25, 0.3) is 0 Å². The van der Waals surface area contributed by atoms with Crippen LogP contribution in [0.15, 0.2) is 24.3 Å². The van der Waals surface area contributed by atoms with Gasteiger partial charge >= 0.3 is 0 Å². The first-order valence-corrected chi connectivity index (χ1v) is 5.75. The van der Waals surface area contributed by atoms with Crippen LogP contribution in [0.3, 0.4) is 0 Å². The van der Waals surface area contributed by atoms with Gasteiger partial charge in [0.2, 0.25) is 6.29 Å². The van der Waals surface area contributed by atoms with Crippen LogP contribution < -0.4 is 0 Å². The lowest BCUT2D eigenvalue weighted by molar-refractivity contribution is -0.155. The lowest BCUT2D eigenvalue weighted by atomic mass is 10.00. The number of ether oxygens (including phenoxy) is 2. The summed E-state index contributed by atoms with van der Waals surface area (Å²) >= 11 is 0. The first-order valence-electron chi connectivity index (χ1n) is 5.75. The summed E-state index contributed by atoms with van der Waals surface area (Å²) < 4.78 is 9.85. The van der Waals surface area contributed by atoms with Crippen molar-refractivity contribution >= 4 is 5.78 Å². The van der Waals surface area contributed by atoms with E-state index in [4.69, 9.17) is 9.47 Å². The van der Waals surface area contributed by atoms with Crippen molar-refractivity contribution in [3.05, 3.63) is 35.4 Å². The summed E-state index contributed by atoms with van der Waals surface area (Å²) in [5.74, 6) is 0.442. The highest BCUT2D eigenvalue weighted by Crippen LogP contribution is 2.15. The average Bonchev–Trinajstić information content (AvgIpc) is 2.31. The van der Waals surface area contributed by atoms with Crippen molar-refractivity contribution in [2.24, 2.45) is 0 Å². The van der Waals surface area contributed by atoms with E-state index >= 15 is 0 Å². The molecular weight excluding hydrogens is 216 g/mol. The Morgan fingerprint density at radius 2 is 1.65 bits per heavy atom. The minimum atomic E-state index is -0.764. The van der Waals surface area contributed by atoms with Gasteiger partial charge in [-0.05, 0) is 17.0 Å². The molecule has 0 aliphatic rings. The van der Waals surface area contributed by atoms with Crippen LogP contribution in [0.4, 0.5) is 0 Å². The molecule has 0 atom stereocenters. The SMILES string of the molecule is COC(OC)C(=O)Cc1ccc(C(C)C)cc1. The molecule has 0 unspecified atom stereocenters. The topological polar surface area (TPSA) is 35.5 Å². The Hall–Kier alpha value is -1.19. The van der Waals surface area contributed by atoms with Crippen molar-refractivity contribution < 1.29 is 14.3 Å². The van der Waals surface area contributed by atoms with Gasteiger partial charge in [0.25, 0.3) is 0 Å². The van der Waals surface area contributed by atoms with Crippen LogP contribution in [0.1, 0.15) is 30.9 Å². The lowest BCUT2D eigenvalue weighted by Crippen LogP contribution is -2.26. The molecule has 0 bridgehead atoms. The van der Waals surface area contributed by atoms with Gasteiger partial charge in [0, 0.05) is 20.6 Å². The maximum atomic E-state index is 11.7. The predicted molar refractivity (Wildman–Crippen MR) is 67.0 cm³/mol. The summed E-state index contributed by atoms with van der Waals surface area (Å²) in [7, 11) is 2.93. The Balaban J connectivity index is 2.66. The van der Waals surface area contributed by atoms with Crippen LogP contribution in [0.2, 0.25) is 0 Å². The van der Waals surface area contributed by atoms with Crippen LogP contribution in [-0.2, 0) is 20.7 Å². The molecule has 0 spiro atoms. The summed E-state index contributed by atoms with van der Waals surface area (Å²) in [6.45, 7) is 4.29. The fraction of sp³-hybridized carbons (Fsp3) is 0.500. The van der Waals surface area contributed by atoms with Gasteiger partial charge in [-0.1, -0.05) is 38.1 Å². The Kier molecular flexibility index (Phi) is 5.32. The Morgan fingerprint density at radius 1 is 1.12 bits per heavy atom. The van der Waals surface area contributed by atoms with Crippen molar-refractivity contribution in [3.8, 4) is 0 Å². The minimum absolute atomic E-state index is 0.0627.